The van der Waals surface area contributed by atoms with Gasteiger partial charge >= 0.3 is 0 Å². The average Bonchev–Trinajstić information content (AvgIpc) is 2.28. The van der Waals surface area contributed by atoms with E-state index in [1.54, 1.807) is 0 Å². The Hall–Kier alpha value is -0.210. The third-order valence-electron chi connectivity index (χ3n) is 2.92. The van der Waals surface area contributed by atoms with E-state index in [-0.39, 0.29) is 0 Å². The van der Waals surface area contributed by atoms with Crippen LogP contribution in [0, 0.1) is 5.92 Å². The van der Waals surface area contributed by atoms with Gasteiger partial charge < -0.3 is 4.90 Å². The number of rotatable bonds is 5. The third kappa shape index (κ3) is 3.39. The van der Waals surface area contributed by atoms with Gasteiger partial charge in [0.2, 0.25) is 0 Å². The van der Waals surface area contributed by atoms with Crippen molar-refractivity contribution in [3.8, 4) is 0 Å². The lowest BCUT2D eigenvalue weighted by Gasteiger charge is -2.25. The molecule has 1 nitrogen and oxygen atoms in total. The van der Waals surface area contributed by atoms with Gasteiger partial charge in [0.05, 0.1) is 0 Å². The topological polar surface area (TPSA) is 3.24 Å². The molecule has 90 valence electrons. The Balaban J connectivity index is 2.90. The van der Waals surface area contributed by atoms with E-state index in [9.17, 15) is 0 Å². The fraction of sp³-hybridized carbons (Fsp3) is 0.538. The minimum atomic E-state index is 0.701. The first-order valence-corrected chi connectivity index (χ1v) is 7.14. The molecule has 0 saturated heterocycles. The molecule has 3 heteroatoms. The average molecular weight is 305 g/mol. The summed E-state index contributed by atoms with van der Waals surface area (Å²) < 4.78 is 0. The van der Waals surface area contributed by atoms with E-state index in [2.05, 4.69) is 47.8 Å². The summed E-state index contributed by atoms with van der Waals surface area (Å²) in [6.45, 7) is 5.56. The molecule has 0 aromatic heterocycles. The fourth-order valence-electron chi connectivity index (χ4n) is 1.73. The number of halogens is 2. The SMILES string of the molecule is CCC(C)CN(C)c1cccc(Cl)c1CBr. The van der Waals surface area contributed by atoms with E-state index in [0.29, 0.717) is 5.92 Å². The summed E-state index contributed by atoms with van der Waals surface area (Å²) in [4.78, 5) is 2.29. The maximum atomic E-state index is 6.19. The van der Waals surface area contributed by atoms with Gasteiger partial charge in [0.1, 0.15) is 0 Å². The molecule has 16 heavy (non-hydrogen) atoms. The van der Waals surface area contributed by atoms with Crippen LogP contribution in [0.15, 0.2) is 18.2 Å². The van der Waals surface area contributed by atoms with Crippen molar-refractivity contribution < 1.29 is 0 Å². The highest BCUT2D eigenvalue weighted by molar-refractivity contribution is 9.08. The van der Waals surface area contributed by atoms with Gasteiger partial charge in [0, 0.05) is 35.2 Å². The molecule has 1 aromatic rings. The number of alkyl halides is 1. The number of anilines is 1. The summed E-state index contributed by atoms with van der Waals surface area (Å²) >= 11 is 9.69. The molecule has 0 saturated carbocycles. The lowest BCUT2D eigenvalue weighted by atomic mass is 10.1. The Labute approximate surface area is 112 Å². The molecule has 0 aliphatic rings. The maximum Gasteiger partial charge on any atom is 0.0467 e. The molecular formula is C13H19BrClN. The number of benzene rings is 1. The highest BCUT2D eigenvalue weighted by atomic mass is 79.9. The van der Waals surface area contributed by atoms with Gasteiger partial charge in [-0.05, 0) is 18.1 Å². The maximum absolute atomic E-state index is 6.19. The Kier molecular flexibility index (Phi) is 5.63. The normalized spacial score (nSPS) is 12.6. The number of hydrogen-bond acceptors (Lipinski definition) is 1. The van der Waals surface area contributed by atoms with Gasteiger partial charge in [-0.2, -0.15) is 0 Å². The van der Waals surface area contributed by atoms with Crippen LogP contribution in [0.5, 0.6) is 0 Å². The minimum absolute atomic E-state index is 0.701. The zero-order chi connectivity index (χ0) is 12.1. The van der Waals surface area contributed by atoms with E-state index in [4.69, 9.17) is 11.6 Å². The van der Waals surface area contributed by atoms with Gasteiger partial charge in [0.15, 0.2) is 0 Å². The van der Waals surface area contributed by atoms with Crippen LogP contribution < -0.4 is 4.90 Å². The second kappa shape index (κ2) is 6.51. The van der Waals surface area contributed by atoms with Gasteiger partial charge in [0.25, 0.3) is 0 Å². The fourth-order valence-corrected chi connectivity index (χ4v) is 2.72. The van der Waals surface area contributed by atoms with Crippen molar-refractivity contribution in [1.82, 2.24) is 0 Å². The summed E-state index contributed by atoms with van der Waals surface area (Å²) in [6.07, 6.45) is 1.20. The van der Waals surface area contributed by atoms with E-state index in [0.717, 1.165) is 16.9 Å². The van der Waals surface area contributed by atoms with Gasteiger partial charge in [-0.25, -0.2) is 0 Å². The zero-order valence-corrected chi connectivity index (χ0v) is 12.5. The molecule has 0 N–H and O–H groups in total. The molecule has 1 rings (SSSR count). The standard InChI is InChI=1S/C13H19BrClN/c1-4-10(2)9-16(3)13-7-5-6-12(15)11(13)8-14/h5-7,10H,4,8-9H2,1-3H3. The van der Waals surface area contributed by atoms with Crippen LogP contribution in [-0.2, 0) is 5.33 Å². The number of hydrogen-bond donors (Lipinski definition) is 0. The summed E-state index contributed by atoms with van der Waals surface area (Å²) in [7, 11) is 2.13. The highest BCUT2D eigenvalue weighted by Crippen LogP contribution is 2.29. The van der Waals surface area contributed by atoms with Crippen LogP contribution in [0.1, 0.15) is 25.8 Å². The first kappa shape index (κ1) is 13.9. The second-order valence-corrected chi connectivity index (χ2v) is 5.23. The molecule has 0 amide bonds. The summed E-state index contributed by atoms with van der Waals surface area (Å²) in [6, 6.07) is 6.08. The summed E-state index contributed by atoms with van der Waals surface area (Å²) in [5.74, 6) is 0.701. The van der Waals surface area contributed by atoms with Crippen LogP contribution in [0.3, 0.4) is 0 Å². The Morgan fingerprint density at radius 3 is 2.69 bits per heavy atom. The predicted octanol–water partition coefficient (Wildman–Crippen LogP) is 4.72. The van der Waals surface area contributed by atoms with Crippen molar-refractivity contribution in [2.24, 2.45) is 5.92 Å². The van der Waals surface area contributed by atoms with Crippen LogP contribution >= 0.6 is 27.5 Å². The largest absolute Gasteiger partial charge is 0.374 e. The van der Waals surface area contributed by atoms with E-state index < -0.39 is 0 Å². The van der Waals surface area contributed by atoms with Crippen molar-refractivity contribution in [2.45, 2.75) is 25.6 Å². The van der Waals surface area contributed by atoms with E-state index >= 15 is 0 Å². The Bertz CT molecular complexity index is 341. The molecule has 0 heterocycles. The predicted molar refractivity (Wildman–Crippen MR) is 76.8 cm³/mol. The van der Waals surface area contributed by atoms with Crippen LogP contribution in [0.4, 0.5) is 5.69 Å². The van der Waals surface area contributed by atoms with Crippen molar-refractivity contribution in [2.75, 3.05) is 18.5 Å². The van der Waals surface area contributed by atoms with Crippen molar-refractivity contribution >= 4 is 33.2 Å². The molecule has 1 unspecified atom stereocenters. The number of nitrogens with zero attached hydrogens (tertiary/aromatic N) is 1. The molecule has 1 atom stereocenters. The van der Waals surface area contributed by atoms with Crippen LogP contribution in [0.25, 0.3) is 0 Å². The Morgan fingerprint density at radius 2 is 2.12 bits per heavy atom. The summed E-state index contributed by atoms with van der Waals surface area (Å²) in [5.41, 5.74) is 2.40. The molecular weight excluding hydrogens is 286 g/mol. The second-order valence-electron chi connectivity index (χ2n) is 4.27. The monoisotopic (exact) mass is 303 g/mol. The quantitative estimate of drug-likeness (QED) is 0.712. The van der Waals surface area contributed by atoms with E-state index in [1.165, 1.54) is 17.7 Å². The smallest absolute Gasteiger partial charge is 0.0467 e. The lowest BCUT2D eigenvalue weighted by molar-refractivity contribution is 0.559. The van der Waals surface area contributed by atoms with Gasteiger partial charge in [-0.1, -0.05) is 53.9 Å². The van der Waals surface area contributed by atoms with Gasteiger partial charge in [-0.15, -0.1) is 0 Å². The minimum Gasteiger partial charge on any atom is -0.374 e. The first-order valence-electron chi connectivity index (χ1n) is 5.64. The lowest BCUT2D eigenvalue weighted by Crippen LogP contribution is -2.24. The molecule has 0 fully saturated rings. The zero-order valence-electron chi connectivity index (χ0n) is 10.1. The van der Waals surface area contributed by atoms with Crippen LogP contribution in [-0.4, -0.2) is 13.6 Å². The molecule has 0 radical (unpaired) electrons. The molecule has 0 spiro atoms. The first-order chi connectivity index (χ1) is 7.60. The van der Waals surface area contributed by atoms with Crippen molar-refractivity contribution in [3.63, 3.8) is 0 Å². The molecule has 1 aromatic carbocycles. The molecule has 0 bridgehead atoms. The van der Waals surface area contributed by atoms with E-state index in [1.807, 2.05) is 12.1 Å². The van der Waals surface area contributed by atoms with Crippen molar-refractivity contribution in [3.05, 3.63) is 28.8 Å². The molecule has 0 aliphatic carbocycles. The Morgan fingerprint density at radius 1 is 1.44 bits per heavy atom. The molecule has 0 aliphatic heterocycles. The summed E-state index contributed by atoms with van der Waals surface area (Å²) in [5, 5.41) is 1.64. The van der Waals surface area contributed by atoms with Crippen LogP contribution in [0.2, 0.25) is 5.02 Å². The van der Waals surface area contributed by atoms with Gasteiger partial charge in [-0.3, -0.25) is 0 Å². The highest BCUT2D eigenvalue weighted by Gasteiger charge is 2.11. The van der Waals surface area contributed by atoms with Crippen molar-refractivity contribution in [1.29, 1.82) is 0 Å². The third-order valence-corrected chi connectivity index (χ3v) is 3.84.